The molecular weight excluding hydrogens is 336 g/mol. The molecule has 26 heavy (non-hydrogen) atoms. The molecule has 2 aromatic heterocycles. The van der Waals surface area contributed by atoms with E-state index >= 15 is 0 Å². The molecular formula is C17H22N6O3. The maximum Gasteiger partial charge on any atom is 0.239 e. The number of rotatable bonds is 6. The summed E-state index contributed by atoms with van der Waals surface area (Å²) >= 11 is 0. The Labute approximate surface area is 151 Å². The number of carbonyl (C=O) groups excluding carboxylic acids is 2. The highest BCUT2D eigenvalue weighted by Gasteiger charge is 2.17. The lowest BCUT2D eigenvalue weighted by Gasteiger charge is -2.27. The first-order chi connectivity index (χ1) is 12.5. The van der Waals surface area contributed by atoms with Crippen LogP contribution < -0.4 is 15.5 Å². The number of nitrogens with one attached hydrogen (secondary N) is 2. The van der Waals surface area contributed by atoms with Crippen LogP contribution in [-0.2, 0) is 16.0 Å². The van der Waals surface area contributed by atoms with Gasteiger partial charge in [0.15, 0.2) is 5.82 Å². The molecule has 9 nitrogen and oxygen atoms in total. The molecule has 0 aliphatic carbocycles. The first-order valence-electron chi connectivity index (χ1n) is 8.61. The maximum absolute atomic E-state index is 12.1. The highest BCUT2D eigenvalue weighted by molar-refractivity contribution is 5.90. The van der Waals surface area contributed by atoms with Crippen LogP contribution in [0.3, 0.4) is 0 Å². The summed E-state index contributed by atoms with van der Waals surface area (Å²) in [6.07, 6.45) is 2.22. The number of hydrogen-bond acceptors (Lipinski definition) is 7. The van der Waals surface area contributed by atoms with Crippen molar-refractivity contribution in [3.8, 4) is 0 Å². The molecule has 3 rings (SSSR count). The highest BCUT2D eigenvalue weighted by Crippen LogP contribution is 2.15. The molecule has 1 aliphatic rings. The topological polar surface area (TPSA) is 113 Å². The van der Waals surface area contributed by atoms with Crippen LogP contribution in [-0.4, -0.2) is 46.6 Å². The number of pyridine rings is 1. The van der Waals surface area contributed by atoms with E-state index in [-0.39, 0.29) is 24.2 Å². The second-order valence-corrected chi connectivity index (χ2v) is 6.43. The first kappa shape index (κ1) is 17.8. The van der Waals surface area contributed by atoms with Gasteiger partial charge >= 0.3 is 0 Å². The molecule has 2 N–H and O–H groups in total. The Balaban J connectivity index is 1.50. The van der Waals surface area contributed by atoms with Crippen LogP contribution in [0.2, 0.25) is 0 Å². The summed E-state index contributed by atoms with van der Waals surface area (Å²) in [6.45, 7) is 5.57. The van der Waals surface area contributed by atoms with Gasteiger partial charge in [-0.3, -0.25) is 9.59 Å². The molecule has 0 atom stereocenters. The number of hydrogen-bond donors (Lipinski definition) is 2. The molecule has 0 aromatic carbocycles. The van der Waals surface area contributed by atoms with Gasteiger partial charge in [-0.2, -0.15) is 4.98 Å². The zero-order valence-corrected chi connectivity index (χ0v) is 14.9. The second kappa shape index (κ2) is 7.94. The summed E-state index contributed by atoms with van der Waals surface area (Å²) in [4.78, 5) is 34.0. The molecule has 3 heterocycles. The number of carbonyl (C=O) groups is 2. The fourth-order valence-electron chi connectivity index (χ4n) is 2.53. The Hall–Kier alpha value is -2.97. The average Bonchev–Trinajstić information content (AvgIpc) is 3.10. The number of nitrogens with zero attached hydrogens (tertiary/aromatic N) is 4. The quantitative estimate of drug-likeness (QED) is 0.795. The van der Waals surface area contributed by atoms with Crippen LogP contribution in [0, 0.1) is 0 Å². The van der Waals surface area contributed by atoms with Gasteiger partial charge in [0.1, 0.15) is 5.82 Å². The first-order valence-corrected chi connectivity index (χ1v) is 8.61. The van der Waals surface area contributed by atoms with Crippen molar-refractivity contribution in [2.75, 3.05) is 29.9 Å². The molecule has 0 unspecified atom stereocenters. The standard InChI is InChI=1S/C17H22N6O3/c1-11(2)17-21-16(26-22-17)6-5-14(24)20-12-3-4-13(19-9-12)23-8-7-18-15(25)10-23/h3-4,9,11H,5-8,10H2,1-2H3,(H,18,25)(H,20,24). The van der Waals surface area contributed by atoms with Gasteiger partial charge in [0.2, 0.25) is 17.7 Å². The van der Waals surface area contributed by atoms with E-state index in [1.165, 1.54) is 0 Å². The molecule has 1 fully saturated rings. The largest absolute Gasteiger partial charge is 0.353 e. The van der Waals surface area contributed by atoms with Gasteiger partial charge in [-0.25, -0.2) is 4.98 Å². The van der Waals surface area contributed by atoms with Crippen LogP contribution >= 0.6 is 0 Å². The summed E-state index contributed by atoms with van der Waals surface area (Å²) in [5.74, 6) is 1.84. The molecule has 1 saturated heterocycles. The average molecular weight is 358 g/mol. The SMILES string of the molecule is CC(C)c1noc(CCC(=O)Nc2ccc(N3CCNC(=O)C3)nc2)n1. The van der Waals surface area contributed by atoms with Crippen molar-refractivity contribution in [3.63, 3.8) is 0 Å². The molecule has 0 saturated carbocycles. The van der Waals surface area contributed by atoms with Gasteiger partial charge in [-0.1, -0.05) is 19.0 Å². The molecule has 138 valence electrons. The minimum absolute atomic E-state index is 0.0166. The molecule has 0 radical (unpaired) electrons. The number of piperazine rings is 1. The van der Waals surface area contributed by atoms with Crippen molar-refractivity contribution in [2.24, 2.45) is 0 Å². The van der Waals surface area contributed by atoms with Gasteiger partial charge in [0, 0.05) is 31.8 Å². The minimum atomic E-state index is -0.152. The van der Waals surface area contributed by atoms with Crippen LogP contribution in [0.5, 0.6) is 0 Å². The van der Waals surface area contributed by atoms with Crippen LogP contribution in [0.25, 0.3) is 0 Å². The number of amides is 2. The number of anilines is 2. The van der Waals surface area contributed by atoms with E-state index in [0.717, 1.165) is 0 Å². The Morgan fingerprint density at radius 3 is 2.92 bits per heavy atom. The molecule has 9 heteroatoms. The van der Waals surface area contributed by atoms with Crippen molar-refractivity contribution < 1.29 is 14.1 Å². The van der Waals surface area contributed by atoms with Crippen molar-refractivity contribution >= 4 is 23.3 Å². The highest BCUT2D eigenvalue weighted by atomic mass is 16.5. The smallest absolute Gasteiger partial charge is 0.239 e. The van der Waals surface area contributed by atoms with Crippen LogP contribution in [0.1, 0.15) is 37.9 Å². The normalized spacial score (nSPS) is 14.4. The predicted molar refractivity (Wildman–Crippen MR) is 94.8 cm³/mol. The molecule has 2 amide bonds. The van der Waals surface area contributed by atoms with E-state index in [1.54, 1.807) is 18.3 Å². The van der Waals surface area contributed by atoms with E-state index < -0.39 is 0 Å². The lowest BCUT2D eigenvalue weighted by molar-refractivity contribution is -0.120. The third-order valence-corrected chi connectivity index (χ3v) is 3.96. The van der Waals surface area contributed by atoms with Gasteiger partial charge < -0.3 is 20.1 Å². The summed E-state index contributed by atoms with van der Waals surface area (Å²) in [7, 11) is 0. The van der Waals surface area contributed by atoms with E-state index in [0.29, 0.717) is 49.3 Å². The molecule has 0 spiro atoms. The number of aromatic nitrogens is 3. The van der Waals surface area contributed by atoms with E-state index in [4.69, 9.17) is 4.52 Å². The summed E-state index contributed by atoms with van der Waals surface area (Å²) in [6, 6.07) is 3.57. The van der Waals surface area contributed by atoms with Crippen molar-refractivity contribution in [2.45, 2.75) is 32.6 Å². The molecule has 0 bridgehead atoms. The fourth-order valence-corrected chi connectivity index (χ4v) is 2.53. The second-order valence-electron chi connectivity index (χ2n) is 6.43. The molecule has 1 aliphatic heterocycles. The third-order valence-electron chi connectivity index (χ3n) is 3.96. The summed E-state index contributed by atoms with van der Waals surface area (Å²) in [5, 5.41) is 9.44. The number of aryl methyl sites for hydroxylation is 1. The van der Waals surface area contributed by atoms with Gasteiger partial charge in [-0.05, 0) is 12.1 Å². The van der Waals surface area contributed by atoms with Gasteiger partial charge in [0.05, 0.1) is 18.4 Å². The minimum Gasteiger partial charge on any atom is -0.353 e. The van der Waals surface area contributed by atoms with Crippen LogP contribution in [0.4, 0.5) is 11.5 Å². The lowest BCUT2D eigenvalue weighted by atomic mass is 10.2. The summed E-state index contributed by atoms with van der Waals surface area (Å²) in [5.41, 5.74) is 0.605. The van der Waals surface area contributed by atoms with Crippen molar-refractivity contribution in [3.05, 3.63) is 30.0 Å². The van der Waals surface area contributed by atoms with E-state index in [2.05, 4.69) is 25.8 Å². The van der Waals surface area contributed by atoms with Gasteiger partial charge in [-0.15, -0.1) is 0 Å². The third kappa shape index (κ3) is 4.56. The maximum atomic E-state index is 12.1. The van der Waals surface area contributed by atoms with E-state index in [9.17, 15) is 9.59 Å². The Morgan fingerprint density at radius 1 is 1.42 bits per heavy atom. The Kier molecular flexibility index (Phi) is 5.45. The van der Waals surface area contributed by atoms with Crippen LogP contribution in [0.15, 0.2) is 22.9 Å². The molecule has 2 aromatic rings. The van der Waals surface area contributed by atoms with Crippen molar-refractivity contribution in [1.82, 2.24) is 20.4 Å². The van der Waals surface area contributed by atoms with Gasteiger partial charge in [0.25, 0.3) is 0 Å². The zero-order valence-electron chi connectivity index (χ0n) is 14.9. The Morgan fingerprint density at radius 2 is 2.27 bits per heavy atom. The predicted octanol–water partition coefficient (Wildman–Crippen LogP) is 1.10. The lowest BCUT2D eigenvalue weighted by Crippen LogP contribution is -2.48. The Bertz CT molecular complexity index is 771. The summed E-state index contributed by atoms with van der Waals surface area (Å²) < 4.78 is 5.13. The van der Waals surface area contributed by atoms with E-state index in [1.807, 2.05) is 18.7 Å². The fraction of sp³-hybridized carbons (Fsp3) is 0.471. The zero-order chi connectivity index (χ0) is 18.5. The van der Waals surface area contributed by atoms with Crippen molar-refractivity contribution in [1.29, 1.82) is 0 Å². The monoisotopic (exact) mass is 358 g/mol.